The van der Waals surface area contributed by atoms with E-state index in [1.165, 1.54) is 0 Å². The second-order valence-corrected chi connectivity index (χ2v) is 6.16. The summed E-state index contributed by atoms with van der Waals surface area (Å²) in [5.74, 6) is 0. The summed E-state index contributed by atoms with van der Waals surface area (Å²) in [6, 6.07) is 6.87. The molecule has 0 atom stereocenters. The maximum atomic E-state index is 11.7. The van der Waals surface area contributed by atoms with Crippen molar-refractivity contribution in [2.45, 2.75) is 18.1 Å². The summed E-state index contributed by atoms with van der Waals surface area (Å²) in [5.41, 5.74) is 6.54. The van der Waals surface area contributed by atoms with Gasteiger partial charge in [-0.1, -0.05) is 24.4 Å². The zero-order chi connectivity index (χ0) is 11.8. The number of anilines is 1. The summed E-state index contributed by atoms with van der Waals surface area (Å²) < 4.78 is 26.0. The molecule has 1 aromatic carbocycles. The van der Waals surface area contributed by atoms with Crippen LogP contribution in [-0.4, -0.2) is 18.7 Å². The summed E-state index contributed by atoms with van der Waals surface area (Å²) in [4.78, 5) is 0.189. The van der Waals surface area contributed by atoms with Crippen LogP contribution in [0, 0.1) is 0 Å². The van der Waals surface area contributed by atoms with Crippen molar-refractivity contribution in [3.63, 3.8) is 0 Å². The molecular formula is C10H12N2O2S2. The molecule has 0 radical (unpaired) electrons. The van der Waals surface area contributed by atoms with Crippen molar-refractivity contribution < 1.29 is 8.42 Å². The fraction of sp³-hybridized carbons (Fsp3) is 0.300. The third-order valence-corrected chi connectivity index (χ3v) is 4.48. The number of sulfonamides is 1. The van der Waals surface area contributed by atoms with Crippen LogP contribution < -0.4 is 10.5 Å². The predicted molar refractivity (Wildman–Crippen MR) is 67.9 cm³/mol. The van der Waals surface area contributed by atoms with E-state index in [2.05, 4.69) is 4.72 Å². The van der Waals surface area contributed by atoms with Crippen molar-refractivity contribution in [1.82, 2.24) is 0 Å². The number of para-hydroxylation sites is 1. The van der Waals surface area contributed by atoms with E-state index in [0.717, 1.165) is 12.8 Å². The summed E-state index contributed by atoms with van der Waals surface area (Å²) in [7, 11) is -3.26. The Bertz CT molecular complexity index is 521. The molecule has 0 unspecified atom stereocenters. The molecule has 1 aliphatic rings. The number of nitrogens with two attached hydrogens (primary N) is 1. The van der Waals surface area contributed by atoms with Crippen molar-refractivity contribution >= 4 is 32.9 Å². The molecule has 0 aliphatic heterocycles. The highest BCUT2D eigenvalue weighted by molar-refractivity contribution is 7.93. The highest BCUT2D eigenvalue weighted by Crippen LogP contribution is 2.30. The van der Waals surface area contributed by atoms with E-state index in [-0.39, 0.29) is 10.2 Å². The Morgan fingerprint density at radius 2 is 2.00 bits per heavy atom. The monoisotopic (exact) mass is 256 g/mol. The molecule has 0 bridgehead atoms. The van der Waals surface area contributed by atoms with Crippen LogP contribution >= 0.6 is 12.2 Å². The highest BCUT2D eigenvalue weighted by Gasteiger charge is 2.36. The maximum Gasteiger partial charge on any atom is 0.235 e. The van der Waals surface area contributed by atoms with Crippen LogP contribution in [0.25, 0.3) is 0 Å². The summed E-state index contributed by atoms with van der Waals surface area (Å²) >= 11 is 4.86. The lowest BCUT2D eigenvalue weighted by Crippen LogP contribution is -2.20. The molecule has 1 aromatic rings. The molecule has 6 heteroatoms. The van der Waals surface area contributed by atoms with Gasteiger partial charge < -0.3 is 5.73 Å². The zero-order valence-electron chi connectivity index (χ0n) is 8.51. The van der Waals surface area contributed by atoms with Gasteiger partial charge in [-0.25, -0.2) is 8.42 Å². The van der Waals surface area contributed by atoms with Gasteiger partial charge in [0.15, 0.2) is 0 Å². The van der Waals surface area contributed by atoms with E-state index in [1.807, 2.05) is 0 Å². The van der Waals surface area contributed by atoms with E-state index in [9.17, 15) is 8.42 Å². The molecule has 1 fully saturated rings. The lowest BCUT2D eigenvalue weighted by atomic mass is 10.2. The number of hydrogen-bond acceptors (Lipinski definition) is 3. The fourth-order valence-electron chi connectivity index (χ4n) is 1.40. The van der Waals surface area contributed by atoms with Gasteiger partial charge in [0.2, 0.25) is 10.0 Å². The average Bonchev–Trinajstić information content (AvgIpc) is 3.00. The third-order valence-electron chi connectivity index (χ3n) is 2.41. The van der Waals surface area contributed by atoms with E-state index >= 15 is 0 Å². The lowest BCUT2D eigenvalue weighted by Gasteiger charge is -2.10. The van der Waals surface area contributed by atoms with Gasteiger partial charge in [0.1, 0.15) is 4.99 Å². The van der Waals surface area contributed by atoms with Crippen LogP contribution in [0.1, 0.15) is 18.4 Å². The minimum atomic E-state index is -3.26. The first-order chi connectivity index (χ1) is 7.50. The maximum absolute atomic E-state index is 11.7. The molecule has 0 spiro atoms. The smallest absolute Gasteiger partial charge is 0.235 e. The van der Waals surface area contributed by atoms with Gasteiger partial charge in [0.25, 0.3) is 0 Å². The first-order valence-corrected chi connectivity index (χ1v) is 6.86. The molecule has 1 aliphatic carbocycles. The molecule has 16 heavy (non-hydrogen) atoms. The Morgan fingerprint density at radius 3 is 2.56 bits per heavy atom. The average molecular weight is 256 g/mol. The van der Waals surface area contributed by atoms with E-state index in [0.29, 0.717) is 11.3 Å². The van der Waals surface area contributed by atoms with Gasteiger partial charge in [-0.05, 0) is 25.0 Å². The molecule has 0 heterocycles. The van der Waals surface area contributed by atoms with Crippen LogP contribution in [0.2, 0.25) is 0 Å². The SMILES string of the molecule is NC(=S)c1ccccc1NS(=O)(=O)C1CC1. The first kappa shape index (κ1) is 11.3. The van der Waals surface area contributed by atoms with Crippen molar-refractivity contribution in [2.24, 2.45) is 5.73 Å². The predicted octanol–water partition coefficient (Wildman–Crippen LogP) is 1.22. The first-order valence-electron chi connectivity index (χ1n) is 4.91. The van der Waals surface area contributed by atoms with Crippen LogP contribution in [0.4, 0.5) is 5.69 Å². The van der Waals surface area contributed by atoms with Crippen molar-refractivity contribution in [1.29, 1.82) is 0 Å². The van der Waals surface area contributed by atoms with Crippen molar-refractivity contribution in [3.05, 3.63) is 29.8 Å². The molecule has 0 saturated heterocycles. The molecule has 0 amide bonds. The van der Waals surface area contributed by atoms with Gasteiger partial charge >= 0.3 is 0 Å². The number of rotatable bonds is 4. The van der Waals surface area contributed by atoms with E-state index < -0.39 is 10.0 Å². The lowest BCUT2D eigenvalue weighted by molar-refractivity contribution is 0.600. The van der Waals surface area contributed by atoms with E-state index in [1.54, 1.807) is 24.3 Å². The Morgan fingerprint density at radius 1 is 1.38 bits per heavy atom. The minimum absolute atomic E-state index is 0.189. The number of nitrogens with one attached hydrogen (secondary N) is 1. The third kappa shape index (κ3) is 2.33. The number of hydrogen-bond donors (Lipinski definition) is 2. The summed E-state index contributed by atoms with van der Waals surface area (Å²) in [6.45, 7) is 0. The Kier molecular flexibility index (Phi) is 2.86. The number of thiocarbonyl (C=S) groups is 1. The molecule has 86 valence electrons. The summed E-state index contributed by atoms with van der Waals surface area (Å²) in [6.07, 6.45) is 1.45. The van der Waals surface area contributed by atoms with Gasteiger partial charge in [-0.2, -0.15) is 0 Å². The van der Waals surface area contributed by atoms with Crippen LogP contribution in [0.3, 0.4) is 0 Å². The highest BCUT2D eigenvalue weighted by atomic mass is 32.2. The Balaban J connectivity index is 2.30. The fourth-order valence-corrected chi connectivity index (χ4v) is 2.99. The van der Waals surface area contributed by atoms with Crippen LogP contribution in [-0.2, 0) is 10.0 Å². The van der Waals surface area contributed by atoms with Crippen LogP contribution in [0.5, 0.6) is 0 Å². The van der Waals surface area contributed by atoms with Gasteiger partial charge in [0.05, 0.1) is 10.9 Å². The minimum Gasteiger partial charge on any atom is -0.389 e. The topological polar surface area (TPSA) is 72.2 Å². The standard InChI is InChI=1S/C10H12N2O2S2/c11-10(15)8-3-1-2-4-9(8)12-16(13,14)7-5-6-7/h1-4,7,12H,5-6H2,(H2,11,15). The van der Waals surface area contributed by atoms with Gasteiger partial charge in [-0.3, -0.25) is 4.72 Å². The van der Waals surface area contributed by atoms with Gasteiger partial charge in [-0.15, -0.1) is 0 Å². The Labute approximate surface area is 99.9 Å². The van der Waals surface area contributed by atoms with Crippen LogP contribution in [0.15, 0.2) is 24.3 Å². The molecule has 1 saturated carbocycles. The normalized spacial score (nSPS) is 15.8. The second-order valence-electron chi connectivity index (χ2n) is 3.76. The zero-order valence-corrected chi connectivity index (χ0v) is 10.1. The molecule has 3 N–H and O–H groups in total. The van der Waals surface area contributed by atoms with Gasteiger partial charge in [0, 0.05) is 5.56 Å². The van der Waals surface area contributed by atoms with Crippen molar-refractivity contribution in [3.8, 4) is 0 Å². The van der Waals surface area contributed by atoms with Crippen molar-refractivity contribution in [2.75, 3.05) is 4.72 Å². The number of benzene rings is 1. The summed E-state index contributed by atoms with van der Waals surface area (Å²) in [5, 5.41) is -0.257. The Hall–Kier alpha value is -1.14. The molecule has 4 nitrogen and oxygen atoms in total. The molecular weight excluding hydrogens is 244 g/mol. The second kappa shape index (κ2) is 4.03. The van der Waals surface area contributed by atoms with E-state index in [4.69, 9.17) is 18.0 Å². The quantitative estimate of drug-likeness (QED) is 0.795. The molecule has 0 aromatic heterocycles. The molecule has 2 rings (SSSR count). The largest absolute Gasteiger partial charge is 0.389 e.